The quantitative estimate of drug-likeness (QED) is 0.195. The van der Waals surface area contributed by atoms with Crippen LogP contribution in [0.3, 0.4) is 0 Å². The van der Waals surface area contributed by atoms with Crippen LogP contribution in [0.1, 0.15) is 62.3 Å². The highest BCUT2D eigenvalue weighted by Crippen LogP contribution is 2.14. The molecule has 0 saturated heterocycles. The van der Waals surface area contributed by atoms with E-state index < -0.39 is 0 Å². The zero-order valence-electron chi connectivity index (χ0n) is 17.3. The summed E-state index contributed by atoms with van der Waals surface area (Å²) in [5.74, 6) is 1.40. The number of rotatable bonds is 10. The van der Waals surface area contributed by atoms with Gasteiger partial charge in [0.25, 0.3) is 0 Å². The molecule has 0 aliphatic rings. The number of hydrogen-bond donors (Lipinski definition) is 0. The molecule has 2 nitrogen and oxygen atoms in total. The topological polar surface area (TPSA) is 21.6 Å². The molecule has 2 heteroatoms. The van der Waals surface area contributed by atoms with E-state index in [0.717, 1.165) is 49.1 Å². The van der Waals surface area contributed by atoms with Crippen molar-refractivity contribution in [2.24, 2.45) is 11.1 Å². The second-order valence-corrected chi connectivity index (χ2v) is 7.79. The minimum atomic E-state index is 0.670. The third kappa shape index (κ3) is 7.82. The van der Waals surface area contributed by atoms with E-state index in [2.05, 4.69) is 81.0 Å². The SMILES string of the molecule is C=C(CCCCc1ccc(C)cc1)O/N=C(\C)c1ccc(CC(C)C)cc1. The standard InChI is InChI=1S/C25H33NO/c1-19(2)18-24-14-16-25(17-15-24)22(5)26-27-21(4)8-6-7-9-23-12-10-20(3)11-13-23/h10-17,19H,4,6-9,18H2,1-3,5H3/b26-22+. The van der Waals surface area contributed by atoms with Crippen LogP contribution < -0.4 is 0 Å². The lowest BCUT2D eigenvalue weighted by atomic mass is 10.0. The molecule has 0 saturated carbocycles. The van der Waals surface area contributed by atoms with Crippen LogP contribution in [0.2, 0.25) is 0 Å². The van der Waals surface area contributed by atoms with Crippen LogP contribution in [0, 0.1) is 12.8 Å². The Bertz CT molecular complexity index is 739. The van der Waals surface area contributed by atoms with Crippen molar-refractivity contribution < 1.29 is 4.84 Å². The number of aryl methyl sites for hydroxylation is 2. The molecule has 0 N–H and O–H groups in total. The first-order valence-electron chi connectivity index (χ1n) is 9.98. The van der Waals surface area contributed by atoms with E-state index in [1.807, 2.05) is 6.92 Å². The van der Waals surface area contributed by atoms with Gasteiger partial charge in [-0.3, -0.25) is 0 Å². The van der Waals surface area contributed by atoms with Crippen molar-refractivity contribution >= 4 is 5.71 Å². The predicted molar refractivity (Wildman–Crippen MR) is 116 cm³/mol. The van der Waals surface area contributed by atoms with Gasteiger partial charge in [0, 0.05) is 6.42 Å². The molecular weight excluding hydrogens is 330 g/mol. The highest BCUT2D eigenvalue weighted by Gasteiger charge is 2.02. The van der Waals surface area contributed by atoms with Crippen LogP contribution in [0.5, 0.6) is 0 Å². The molecule has 0 aromatic heterocycles. The molecule has 0 amide bonds. The maximum Gasteiger partial charge on any atom is 0.127 e. The van der Waals surface area contributed by atoms with Gasteiger partial charge in [-0.2, -0.15) is 0 Å². The van der Waals surface area contributed by atoms with Crippen LogP contribution in [-0.4, -0.2) is 5.71 Å². The van der Waals surface area contributed by atoms with E-state index in [4.69, 9.17) is 4.84 Å². The van der Waals surface area contributed by atoms with Crippen molar-refractivity contribution in [2.75, 3.05) is 0 Å². The van der Waals surface area contributed by atoms with Gasteiger partial charge in [0.05, 0.1) is 5.71 Å². The summed E-state index contributed by atoms with van der Waals surface area (Å²) in [6, 6.07) is 17.3. The minimum Gasteiger partial charge on any atom is -0.362 e. The zero-order chi connectivity index (χ0) is 19.6. The van der Waals surface area contributed by atoms with E-state index >= 15 is 0 Å². The Morgan fingerprint density at radius 3 is 2.22 bits per heavy atom. The molecule has 0 atom stereocenters. The molecule has 0 unspecified atom stereocenters. The number of benzene rings is 2. The molecule has 0 radical (unpaired) electrons. The minimum absolute atomic E-state index is 0.670. The van der Waals surface area contributed by atoms with E-state index in [1.54, 1.807) is 0 Å². The van der Waals surface area contributed by atoms with Crippen LogP contribution in [0.25, 0.3) is 0 Å². The maximum atomic E-state index is 5.51. The molecule has 0 heterocycles. The lowest BCUT2D eigenvalue weighted by Crippen LogP contribution is -1.99. The number of unbranched alkanes of at least 4 members (excludes halogenated alkanes) is 1. The number of allylic oxidation sites excluding steroid dienone is 1. The Kier molecular flexibility index (Phi) is 8.32. The molecule has 0 bridgehead atoms. The maximum absolute atomic E-state index is 5.51. The molecule has 2 aromatic rings. The smallest absolute Gasteiger partial charge is 0.127 e. The van der Waals surface area contributed by atoms with Crippen molar-refractivity contribution in [1.82, 2.24) is 0 Å². The van der Waals surface area contributed by atoms with Gasteiger partial charge >= 0.3 is 0 Å². The van der Waals surface area contributed by atoms with Gasteiger partial charge in [-0.25, -0.2) is 0 Å². The Morgan fingerprint density at radius 1 is 0.963 bits per heavy atom. The fourth-order valence-corrected chi connectivity index (χ4v) is 2.99. The van der Waals surface area contributed by atoms with Crippen molar-refractivity contribution in [3.8, 4) is 0 Å². The highest BCUT2D eigenvalue weighted by atomic mass is 16.6. The van der Waals surface area contributed by atoms with Crippen LogP contribution >= 0.6 is 0 Å². The normalized spacial score (nSPS) is 11.7. The lowest BCUT2D eigenvalue weighted by Gasteiger charge is -2.07. The van der Waals surface area contributed by atoms with Gasteiger partial charge in [-0.15, -0.1) is 0 Å². The third-order valence-electron chi connectivity index (χ3n) is 4.62. The van der Waals surface area contributed by atoms with Gasteiger partial charge in [0.15, 0.2) is 0 Å². The molecule has 2 rings (SSSR count). The van der Waals surface area contributed by atoms with Crippen LogP contribution in [0.15, 0.2) is 66.0 Å². The summed E-state index contributed by atoms with van der Waals surface area (Å²) in [6.07, 6.45) is 5.23. The number of hydrogen-bond acceptors (Lipinski definition) is 2. The summed E-state index contributed by atoms with van der Waals surface area (Å²) in [5.41, 5.74) is 6.03. The van der Waals surface area contributed by atoms with E-state index in [9.17, 15) is 0 Å². The highest BCUT2D eigenvalue weighted by molar-refractivity contribution is 5.98. The Morgan fingerprint density at radius 2 is 1.59 bits per heavy atom. The van der Waals surface area contributed by atoms with Crippen LogP contribution in [-0.2, 0) is 17.7 Å². The largest absolute Gasteiger partial charge is 0.362 e. The monoisotopic (exact) mass is 363 g/mol. The van der Waals surface area contributed by atoms with E-state index in [0.29, 0.717) is 5.92 Å². The predicted octanol–water partition coefficient (Wildman–Crippen LogP) is 6.86. The second kappa shape index (κ2) is 10.7. The van der Waals surface area contributed by atoms with Crippen molar-refractivity contribution in [1.29, 1.82) is 0 Å². The summed E-state index contributed by atoms with van der Waals surface area (Å²) in [7, 11) is 0. The first-order chi connectivity index (χ1) is 12.9. The Balaban J connectivity index is 1.72. The number of nitrogens with zero attached hydrogens (tertiary/aromatic N) is 1. The summed E-state index contributed by atoms with van der Waals surface area (Å²) >= 11 is 0. The first-order valence-corrected chi connectivity index (χ1v) is 9.98. The number of oxime groups is 1. The summed E-state index contributed by atoms with van der Waals surface area (Å²) in [4.78, 5) is 5.51. The van der Waals surface area contributed by atoms with Gasteiger partial charge in [0.1, 0.15) is 5.76 Å². The average molecular weight is 364 g/mol. The van der Waals surface area contributed by atoms with Gasteiger partial charge in [-0.1, -0.05) is 79.7 Å². The van der Waals surface area contributed by atoms with E-state index in [1.165, 1.54) is 16.7 Å². The average Bonchev–Trinajstić information content (AvgIpc) is 2.65. The molecule has 0 fully saturated rings. The van der Waals surface area contributed by atoms with Crippen molar-refractivity contribution in [3.05, 3.63) is 83.1 Å². The van der Waals surface area contributed by atoms with Crippen molar-refractivity contribution in [2.45, 2.75) is 59.8 Å². The van der Waals surface area contributed by atoms with E-state index in [-0.39, 0.29) is 0 Å². The Hall–Kier alpha value is -2.35. The molecule has 0 spiro atoms. The van der Waals surface area contributed by atoms with Crippen molar-refractivity contribution in [3.63, 3.8) is 0 Å². The summed E-state index contributed by atoms with van der Waals surface area (Å²) in [5, 5.41) is 4.25. The van der Waals surface area contributed by atoms with Gasteiger partial charge in [0.2, 0.25) is 0 Å². The zero-order valence-corrected chi connectivity index (χ0v) is 17.3. The fraction of sp³-hybridized carbons (Fsp3) is 0.400. The second-order valence-electron chi connectivity index (χ2n) is 7.79. The molecule has 2 aromatic carbocycles. The lowest BCUT2D eigenvalue weighted by molar-refractivity contribution is 0.216. The fourth-order valence-electron chi connectivity index (χ4n) is 2.99. The molecule has 0 aliphatic heterocycles. The molecule has 144 valence electrons. The summed E-state index contributed by atoms with van der Waals surface area (Å²) in [6.45, 7) is 12.6. The molecule has 27 heavy (non-hydrogen) atoms. The summed E-state index contributed by atoms with van der Waals surface area (Å²) < 4.78 is 0. The Labute approximate surface area is 165 Å². The van der Waals surface area contributed by atoms with Crippen LogP contribution in [0.4, 0.5) is 0 Å². The molecular formula is C25H33NO. The van der Waals surface area contributed by atoms with Gasteiger partial charge in [-0.05, 0) is 62.1 Å². The first kappa shape index (κ1) is 21.0. The molecule has 0 aliphatic carbocycles. The third-order valence-corrected chi connectivity index (χ3v) is 4.62. The van der Waals surface area contributed by atoms with Gasteiger partial charge < -0.3 is 4.84 Å².